The number of para-hydroxylation sites is 1. The molecule has 0 fully saturated rings. The molecule has 0 aliphatic heterocycles. The van der Waals surface area contributed by atoms with E-state index in [1.54, 1.807) is 18.2 Å². The van der Waals surface area contributed by atoms with Crippen LogP contribution in [0.15, 0.2) is 36.9 Å². The minimum Gasteiger partial charge on any atom is -0.508 e. The van der Waals surface area contributed by atoms with Crippen molar-refractivity contribution < 1.29 is 15.0 Å². The zero-order valence-electron chi connectivity index (χ0n) is 8.60. The van der Waals surface area contributed by atoms with E-state index in [-0.39, 0.29) is 12.2 Å². The van der Waals surface area contributed by atoms with Crippen molar-refractivity contribution in [1.82, 2.24) is 0 Å². The fraction of sp³-hybridized carbons (Fsp3) is 0.250. The van der Waals surface area contributed by atoms with Crippen molar-refractivity contribution in [2.24, 2.45) is 0 Å². The third kappa shape index (κ3) is 2.67. The maximum absolute atomic E-state index is 11.3. The van der Waals surface area contributed by atoms with Gasteiger partial charge in [-0.1, -0.05) is 24.8 Å². The van der Waals surface area contributed by atoms with Crippen molar-refractivity contribution in [3.63, 3.8) is 0 Å². The molecule has 2 N–H and O–H groups in total. The Labute approximate surface area is 88.7 Å². The first kappa shape index (κ1) is 11.5. The average Bonchev–Trinajstić information content (AvgIpc) is 2.20. The monoisotopic (exact) mass is 206 g/mol. The van der Waals surface area contributed by atoms with Gasteiger partial charge < -0.3 is 10.2 Å². The van der Waals surface area contributed by atoms with Gasteiger partial charge in [0.2, 0.25) is 0 Å². The van der Waals surface area contributed by atoms with Crippen LogP contribution < -0.4 is 0 Å². The second-order valence-electron chi connectivity index (χ2n) is 3.65. The van der Waals surface area contributed by atoms with Gasteiger partial charge in [0.05, 0.1) is 0 Å². The predicted octanol–water partition coefficient (Wildman–Crippen LogP) is 1.44. The number of carbonyl (C=O) groups excluding carboxylic acids is 1. The molecule has 0 saturated carbocycles. The molecule has 0 aromatic heterocycles. The van der Waals surface area contributed by atoms with Gasteiger partial charge in [0, 0.05) is 6.42 Å². The number of aliphatic hydroxyl groups is 1. The number of phenolic OH excluding ortho intramolecular Hbond substituents is 1. The number of phenols is 1. The molecule has 0 radical (unpaired) electrons. The van der Waals surface area contributed by atoms with Crippen molar-refractivity contribution in [1.29, 1.82) is 0 Å². The molecule has 0 aliphatic carbocycles. The Balaban J connectivity index is 2.91. The Hall–Kier alpha value is -1.61. The van der Waals surface area contributed by atoms with Crippen molar-refractivity contribution in [3.05, 3.63) is 42.5 Å². The van der Waals surface area contributed by atoms with Crippen LogP contribution >= 0.6 is 0 Å². The summed E-state index contributed by atoms with van der Waals surface area (Å²) in [6.07, 6.45) is 1.16. The van der Waals surface area contributed by atoms with Crippen molar-refractivity contribution in [2.75, 3.05) is 0 Å². The molecular formula is C12H14O3. The fourth-order valence-corrected chi connectivity index (χ4v) is 1.34. The lowest BCUT2D eigenvalue weighted by molar-refractivity contribution is -0.130. The summed E-state index contributed by atoms with van der Waals surface area (Å²) in [6, 6.07) is 6.61. The summed E-state index contributed by atoms with van der Waals surface area (Å²) in [6.45, 7) is 4.73. The molecule has 3 nitrogen and oxygen atoms in total. The average molecular weight is 206 g/mol. The van der Waals surface area contributed by atoms with E-state index in [9.17, 15) is 15.0 Å². The van der Waals surface area contributed by atoms with Gasteiger partial charge in [-0.2, -0.15) is 0 Å². The lowest BCUT2D eigenvalue weighted by Gasteiger charge is -2.20. The lowest BCUT2D eigenvalue weighted by atomic mass is 9.92. The normalized spacial score (nSPS) is 14.3. The number of rotatable bonds is 4. The van der Waals surface area contributed by atoms with Crippen molar-refractivity contribution >= 4 is 5.78 Å². The quantitative estimate of drug-likeness (QED) is 0.733. The summed E-state index contributed by atoms with van der Waals surface area (Å²) >= 11 is 0. The molecule has 1 atom stereocenters. The van der Waals surface area contributed by atoms with Gasteiger partial charge in [0.25, 0.3) is 0 Å². The van der Waals surface area contributed by atoms with E-state index in [2.05, 4.69) is 6.58 Å². The molecule has 3 heteroatoms. The number of aromatic hydroxyl groups is 1. The van der Waals surface area contributed by atoms with E-state index >= 15 is 0 Å². The molecule has 1 unspecified atom stereocenters. The highest BCUT2D eigenvalue weighted by molar-refractivity contribution is 5.96. The van der Waals surface area contributed by atoms with Crippen LogP contribution in [0.2, 0.25) is 0 Å². The molecular weight excluding hydrogens is 192 g/mol. The number of benzene rings is 1. The summed E-state index contributed by atoms with van der Waals surface area (Å²) < 4.78 is 0. The molecule has 0 amide bonds. The molecule has 0 aliphatic rings. The first-order chi connectivity index (χ1) is 6.97. The zero-order valence-corrected chi connectivity index (χ0v) is 8.60. The zero-order chi connectivity index (χ0) is 11.5. The van der Waals surface area contributed by atoms with Gasteiger partial charge in [0.1, 0.15) is 11.4 Å². The van der Waals surface area contributed by atoms with Crippen molar-refractivity contribution in [3.8, 4) is 5.75 Å². The summed E-state index contributed by atoms with van der Waals surface area (Å²) in [7, 11) is 0. The van der Waals surface area contributed by atoms with Gasteiger partial charge in [0.15, 0.2) is 5.78 Å². The molecule has 80 valence electrons. The maximum atomic E-state index is 11.3. The van der Waals surface area contributed by atoms with E-state index in [0.717, 1.165) is 6.08 Å². The fourth-order valence-electron chi connectivity index (χ4n) is 1.34. The number of hydrogen-bond acceptors (Lipinski definition) is 3. The van der Waals surface area contributed by atoms with Crippen molar-refractivity contribution in [2.45, 2.75) is 18.9 Å². The van der Waals surface area contributed by atoms with Crippen LogP contribution in [-0.2, 0) is 11.2 Å². The van der Waals surface area contributed by atoms with Crippen LogP contribution in [0.25, 0.3) is 0 Å². The lowest BCUT2D eigenvalue weighted by Crippen LogP contribution is -2.36. The molecule has 0 heterocycles. The predicted molar refractivity (Wildman–Crippen MR) is 57.6 cm³/mol. The SMILES string of the molecule is C=CC(=O)C(C)(O)Cc1ccccc1O. The van der Waals surface area contributed by atoms with Crippen LogP contribution in [0.3, 0.4) is 0 Å². The minimum absolute atomic E-state index is 0.0739. The highest BCUT2D eigenvalue weighted by Gasteiger charge is 2.28. The molecule has 0 saturated heterocycles. The first-order valence-electron chi connectivity index (χ1n) is 4.63. The molecule has 1 aromatic carbocycles. The third-order valence-corrected chi connectivity index (χ3v) is 2.24. The smallest absolute Gasteiger partial charge is 0.186 e. The first-order valence-corrected chi connectivity index (χ1v) is 4.63. The Kier molecular flexibility index (Phi) is 3.27. The number of hydrogen-bond donors (Lipinski definition) is 2. The highest BCUT2D eigenvalue weighted by atomic mass is 16.3. The van der Waals surface area contributed by atoms with E-state index in [1.807, 2.05) is 0 Å². The molecule has 0 bridgehead atoms. The second kappa shape index (κ2) is 4.28. The summed E-state index contributed by atoms with van der Waals surface area (Å²) in [4.78, 5) is 11.3. The van der Waals surface area contributed by atoms with Crippen LogP contribution in [-0.4, -0.2) is 21.6 Å². The molecule has 15 heavy (non-hydrogen) atoms. The second-order valence-corrected chi connectivity index (χ2v) is 3.65. The number of carbonyl (C=O) groups is 1. The van der Waals surface area contributed by atoms with Crippen LogP contribution in [0, 0.1) is 0 Å². The van der Waals surface area contributed by atoms with Gasteiger partial charge >= 0.3 is 0 Å². The summed E-state index contributed by atoms with van der Waals surface area (Å²) in [5.41, 5.74) is -0.974. The number of ketones is 1. The Bertz CT molecular complexity index is 380. The van der Waals surface area contributed by atoms with Crippen LogP contribution in [0.5, 0.6) is 5.75 Å². The van der Waals surface area contributed by atoms with Gasteiger partial charge in [-0.05, 0) is 24.6 Å². The minimum atomic E-state index is -1.51. The van der Waals surface area contributed by atoms with E-state index in [4.69, 9.17) is 0 Å². The highest BCUT2D eigenvalue weighted by Crippen LogP contribution is 2.22. The van der Waals surface area contributed by atoms with E-state index in [0.29, 0.717) is 5.56 Å². The molecule has 0 spiro atoms. The topological polar surface area (TPSA) is 57.5 Å². The largest absolute Gasteiger partial charge is 0.508 e. The van der Waals surface area contributed by atoms with E-state index in [1.165, 1.54) is 13.0 Å². The Morgan fingerprint density at radius 1 is 1.53 bits per heavy atom. The van der Waals surface area contributed by atoms with Crippen LogP contribution in [0.4, 0.5) is 0 Å². The summed E-state index contributed by atoms with van der Waals surface area (Å²) in [5.74, 6) is -0.375. The third-order valence-electron chi connectivity index (χ3n) is 2.24. The Morgan fingerprint density at radius 3 is 2.67 bits per heavy atom. The van der Waals surface area contributed by atoms with Gasteiger partial charge in [-0.25, -0.2) is 0 Å². The summed E-state index contributed by atoms with van der Waals surface area (Å²) in [5, 5.41) is 19.3. The Morgan fingerprint density at radius 2 is 2.13 bits per heavy atom. The van der Waals surface area contributed by atoms with Gasteiger partial charge in [-0.15, -0.1) is 0 Å². The van der Waals surface area contributed by atoms with E-state index < -0.39 is 11.4 Å². The molecule has 1 aromatic rings. The maximum Gasteiger partial charge on any atom is 0.186 e. The van der Waals surface area contributed by atoms with Crippen LogP contribution in [0.1, 0.15) is 12.5 Å². The molecule has 1 rings (SSSR count). The van der Waals surface area contributed by atoms with Gasteiger partial charge in [-0.3, -0.25) is 4.79 Å². The standard InChI is InChI=1S/C12H14O3/c1-3-11(14)12(2,15)8-9-6-4-5-7-10(9)13/h3-7,13,15H,1,8H2,2H3.